The molecule has 5 heteroatoms. The van der Waals surface area contributed by atoms with Gasteiger partial charge in [-0.05, 0) is 25.2 Å². The van der Waals surface area contributed by atoms with Gasteiger partial charge in [0, 0.05) is 31.7 Å². The van der Waals surface area contributed by atoms with E-state index in [1.165, 1.54) is 32.1 Å². The first-order chi connectivity index (χ1) is 9.99. The number of hydrogen-bond acceptors (Lipinski definition) is 2. The molecule has 2 atom stereocenters. The van der Waals surface area contributed by atoms with E-state index >= 15 is 0 Å². The summed E-state index contributed by atoms with van der Waals surface area (Å²) in [6.45, 7) is 3.96. The maximum atomic E-state index is 12.6. The number of nitrogens with zero attached hydrogens (tertiary/aromatic N) is 1. The predicted molar refractivity (Wildman–Crippen MR) is 79.3 cm³/mol. The fourth-order valence-electron chi connectivity index (χ4n) is 3.95. The second-order valence-electron chi connectivity index (χ2n) is 6.72. The van der Waals surface area contributed by atoms with Crippen molar-refractivity contribution in [2.24, 2.45) is 5.92 Å². The van der Waals surface area contributed by atoms with Crippen LogP contribution in [-0.2, 0) is 0 Å². The molecular formula is C16H29F3N2. The minimum atomic E-state index is -4.04. The minimum Gasteiger partial charge on any atom is -0.311 e. The summed E-state index contributed by atoms with van der Waals surface area (Å²) in [7, 11) is 0. The molecule has 21 heavy (non-hydrogen) atoms. The second kappa shape index (κ2) is 7.82. The Balaban J connectivity index is 1.95. The van der Waals surface area contributed by atoms with Crippen LogP contribution < -0.4 is 5.32 Å². The van der Waals surface area contributed by atoms with E-state index in [2.05, 4.69) is 17.1 Å². The van der Waals surface area contributed by atoms with Crippen molar-refractivity contribution in [2.45, 2.75) is 76.6 Å². The van der Waals surface area contributed by atoms with Crippen LogP contribution in [0.3, 0.4) is 0 Å². The van der Waals surface area contributed by atoms with Gasteiger partial charge in [0.25, 0.3) is 0 Å². The molecule has 0 amide bonds. The zero-order valence-electron chi connectivity index (χ0n) is 13.1. The molecule has 0 spiro atoms. The molecule has 0 aromatic heterocycles. The Morgan fingerprint density at radius 1 is 1.14 bits per heavy atom. The number of hydrogen-bond donors (Lipinski definition) is 1. The van der Waals surface area contributed by atoms with Gasteiger partial charge in [-0.3, -0.25) is 4.90 Å². The van der Waals surface area contributed by atoms with Gasteiger partial charge < -0.3 is 5.32 Å². The van der Waals surface area contributed by atoms with E-state index in [1.807, 2.05) is 0 Å². The zero-order chi connectivity index (χ0) is 15.3. The average Bonchev–Trinajstić information content (AvgIpc) is 2.46. The third kappa shape index (κ3) is 5.44. The van der Waals surface area contributed by atoms with Gasteiger partial charge >= 0.3 is 6.18 Å². The van der Waals surface area contributed by atoms with Crippen LogP contribution in [-0.4, -0.2) is 42.8 Å². The molecule has 0 aromatic rings. The van der Waals surface area contributed by atoms with Gasteiger partial charge in [-0.2, -0.15) is 13.2 Å². The lowest BCUT2D eigenvalue weighted by atomic mass is 9.82. The van der Waals surface area contributed by atoms with E-state index in [0.29, 0.717) is 18.0 Å². The van der Waals surface area contributed by atoms with E-state index in [1.54, 1.807) is 0 Å². The van der Waals surface area contributed by atoms with Crippen molar-refractivity contribution in [1.29, 1.82) is 0 Å². The first-order valence-electron chi connectivity index (χ1n) is 8.54. The summed E-state index contributed by atoms with van der Waals surface area (Å²) in [4.78, 5) is 2.14. The molecule has 0 aromatic carbocycles. The second-order valence-corrected chi connectivity index (χ2v) is 6.72. The van der Waals surface area contributed by atoms with E-state index in [-0.39, 0.29) is 6.54 Å². The molecule has 2 unspecified atom stereocenters. The number of alkyl halides is 3. The van der Waals surface area contributed by atoms with E-state index < -0.39 is 12.6 Å². The number of piperazine rings is 1. The summed E-state index contributed by atoms with van der Waals surface area (Å²) >= 11 is 0. The van der Waals surface area contributed by atoms with Gasteiger partial charge in [0.2, 0.25) is 0 Å². The Bertz CT molecular complexity index is 300. The van der Waals surface area contributed by atoms with E-state index in [0.717, 1.165) is 25.9 Å². The van der Waals surface area contributed by atoms with Crippen LogP contribution in [0.1, 0.15) is 58.3 Å². The van der Waals surface area contributed by atoms with E-state index in [4.69, 9.17) is 0 Å². The lowest BCUT2D eigenvalue weighted by Crippen LogP contribution is -2.59. The van der Waals surface area contributed by atoms with Crippen LogP contribution in [0.2, 0.25) is 0 Å². The summed E-state index contributed by atoms with van der Waals surface area (Å²) in [5, 5.41) is 3.57. The molecule has 2 fully saturated rings. The average molecular weight is 306 g/mol. The molecule has 1 aliphatic heterocycles. The van der Waals surface area contributed by atoms with Crippen molar-refractivity contribution in [3.63, 3.8) is 0 Å². The smallest absolute Gasteiger partial charge is 0.311 e. The first-order valence-corrected chi connectivity index (χ1v) is 8.54. The van der Waals surface area contributed by atoms with Gasteiger partial charge in [-0.15, -0.1) is 0 Å². The summed E-state index contributed by atoms with van der Waals surface area (Å²) in [6, 6.07) is 0.670. The lowest BCUT2D eigenvalue weighted by molar-refractivity contribution is -0.141. The molecular weight excluding hydrogens is 277 g/mol. The van der Waals surface area contributed by atoms with Gasteiger partial charge in [-0.1, -0.05) is 32.6 Å². The Morgan fingerprint density at radius 3 is 2.48 bits per heavy atom. The molecule has 2 rings (SSSR count). The molecule has 1 saturated carbocycles. The SMILES string of the molecule is CCCC1CN(CCC(F)(F)F)C(C2CCCCC2)CN1. The van der Waals surface area contributed by atoms with Gasteiger partial charge in [0.1, 0.15) is 0 Å². The van der Waals surface area contributed by atoms with Crippen molar-refractivity contribution in [3.8, 4) is 0 Å². The molecule has 0 bridgehead atoms. The van der Waals surface area contributed by atoms with Crippen LogP contribution in [0.5, 0.6) is 0 Å². The normalized spacial score (nSPS) is 29.7. The van der Waals surface area contributed by atoms with Crippen molar-refractivity contribution >= 4 is 0 Å². The zero-order valence-corrected chi connectivity index (χ0v) is 13.1. The highest BCUT2D eigenvalue weighted by atomic mass is 19.4. The fraction of sp³-hybridized carbons (Fsp3) is 1.00. The summed E-state index contributed by atoms with van der Waals surface area (Å²) < 4.78 is 37.7. The predicted octanol–water partition coefficient (Wildman–Crippen LogP) is 3.96. The largest absolute Gasteiger partial charge is 0.390 e. The Labute approximate surface area is 126 Å². The molecule has 2 nitrogen and oxygen atoms in total. The Hall–Kier alpha value is -0.290. The number of halogens is 3. The third-order valence-corrected chi connectivity index (χ3v) is 5.05. The lowest BCUT2D eigenvalue weighted by Gasteiger charge is -2.45. The third-order valence-electron chi connectivity index (χ3n) is 5.05. The molecule has 1 heterocycles. The van der Waals surface area contributed by atoms with Crippen molar-refractivity contribution in [2.75, 3.05) is 19.6 Å². The van der Waals surface area contributed by atoms with Gasteiger partial charge in [-0.25, -0.2) is 0 Å². The summed E-state index contributed by atoms with van der Waals surface area (Å²) in [5.41, 5.74) is 0. The number of nitrogens with one attached hydrogen (secondary N) is 1. The van der Waals surface area contributed by atoms with Crippen LogP contribution in [0.4, 0.5) is 13.2 Å². The van der Waals surface area contributed by atoms with Crippen LogP contribution >= 0.6 is 0 Å². The van der Waals surface area contributed by atoms with Crippen molar-refractivity contribution in [3.05, 3.63) is 0 Å². The highest BCUT2D eigenvalue weighted by molar-refractivity contribution is 4.91. The molecule has 124 valence electrons. The monoisotopic (exact) mass is 306 g/mol. The maximum Gasteiger partial charge on any atom is 0.390 e. The minimum absolute atomic E-state index is 0.173. The maximum absolute atomic E-state index is 12.6. The van der Waals surface area contributed by atoms with Gasteiger partial charge in [0.05, 0.1) is 6.42 Å². The summed E-state index contributed by atoms with van der Waals surface area (Å²) in [5.74, 6) is 0.585. The van der Waals surface area contributed by atoms with Gasteiger partial charge in [0.15, 0.2) is 0 Å². The number of rotatable bonds is 5. The molecule has 2 aliphatic rings. The molecule has 1 saturated heterocycles. The molecule has 1 aliphatic carbocycles. The Kier molecular flexibility index (Phi) is 6.35. The topological polar surface area (TPSA) is 15.3 Å². The highest BCUT2D eigenvalue weighted by Gasteiger charge is 2.36. The van der Waals surface area contributed by atoms with Crippen LogP contribution in [0.25, 0.3) is 0 Å². The molecule has 1 N–H and O–H groups in total. The quantitative estimate of drug-likeness (QED) is 0.827. The van der Waals surface area contributed by atoms with E-state index in [9.17, 15) is 13.2 Å². The Morgan fingerprint density at radius 2 is 1.86 bits per heavy atom. The van der Waals surface area contributed by atoms with Crippen molar-refractivity contribution < 1.29 is 13.2 Å². The highest BCUT2D eigenvalue weighted by Crippen LogP contribution is 2.31. The first kappa shape index (κ1) is 17.1. The van der Waals surface area contributed by atoms with Crippen LogP contribution in [0.15, 0.2) is 0 Å². The molecule has 0 radical (unpaired) electrons. The summed E-state index contributed by atoms with van der Waals surface area (Å²) in [6.07, 6.45) is 3.58. The standard InChI is InChI=1S/C16H29F3N2/c1-2-6-14-12-21(10-9-16(17,18)19)15(11-20-14)13-7-4-3-5-8-13/h13-15,20H,2-12H2,1H3. The van der Waals surface area contributed by atoms with Crippen molar-refractivity contribution in [1.82, 2.24) is 10.2 Å². The fourth-order valence-corrected chi connectivity index (χ4v) is 3.95. The van der Waals surface area contributed by atoms with Crippen LogP contribution in [0, 0.1) is 5.92 Å².